The Hall–Kier alpha value is -3.38. The highest BCUT2D eigenvalue weighted by atomic mass is 32.2. The summed E-state index contributed by atoms with van der Waals surface area (Å²) in [4.78, 5) is 14.1. The van der Waals surface area contributed by atoms with Gasteiger partial charge in [-0.25, -0.2) is 17.9 Å². The molecule has 0 aliphatic rings. The minimum atomic E-state index is -3.97. The standard InChI is InChI=1S/C22H20N2O3S/c1-18-9-8-10-19(17-18)15-16-28(26,27)23-22(25)24(20-11-4-2-5-12-20)21-13-6-3-7-14-21/h2-17H,1H3,(H,23,25)/b16-15+. The number of nitrogens with one attached hydrogen (secondary N) is 1. The van der Waals surface area contributed by atoms with Crippen LogP contribution in [0, 0.1) is 6.92 Å². The number of para-hydroxylation sites is 2. The lowest BCUT2D eigenvalue weighted by Crippen LogP contribution is -2.39. The molecule has 142 valence electrons. The van der Waals surface area contributed by atoms with Crippen molar-refractivity contribution in [3.63, 3.8) is 0 Å². The van der Waals surface area contributed by atoms with Crippen LogP contribution in [0.2, 0.25) is 0 Å². The fourth-order valence-electron chi connectivity index (χ4n) is 2.68. The van der Waals surface area contributed by atoms with Gasteiger partial charge in [-0.3, -0.25) is 4.90 Å². The van der Waals surface area contributed by atoms with Gasteiger partial charge in [0.25, 0.3) is 10.0 Å². The molecule has 0 unspecified atom stereocenters. The number of carbonyl (C=O) groups is 1. The number of sulfonamides is 1. The smallest absolute Gasteiger partial charge is 0.262 e. The number of aryl methyl sites for hydroxylation is 1. The average molecular weight is 392 g/mol. The zero-order valence-electron chi connectivity index (χ0n) is 15.3. The van der Waals surface area contributed by atoms with Crippen LogP contribution in [0.3, 0.4) is 0 Å². The van der Waals surface area contributed by atoms with Crippen molar-refractivity contribution in [1.29, 1.82) is 0 Å². The van der Waals surface area contributed by atoms with E-state index in [-0.39, 0.29) is 0 Å². The Kier molecular flexibility index (Phi) is 5.91. The molecule has 3 aromatic carbocycles. The molecule has 28 heavy (non-hydrogen) atoms. The number of rotatable bonds is 5. The van der Waals surface area contributed by atoms with E-state index in [1.165, 1.54) is 11.0 Å². The van der Waals surface area contributed by atoms with Crippen LogP contribution in [0.5, 0.6) is 0 Å². The van der Waals surface area contributed by atoms with Crippen molar-refractivity contribution in [3.05, 3.63) is 101 Å². The van der Waals surface area contributed by atoms with Crippen LogP contribution < -0.4 is 9.62 Å². The van der Waals surface area contributed by atoms with Crippen LogP contribution in [-0.2, 0) is 10.0 Å². The predicted octanol–water partition coefficient (Wildman–Crippen LogP) is 4.84. The fourth-order valence-corrected chi connectivity index (χ4v) is 3.42. The van der Waals surface area contributed by atoms with Crippen molar-refractivity contribution >= 4 is 33.5 Å². The summed E-state index contributed by atoms with van der Waals surface area (Å²) < 4.78 is 27.0. The number of benzene rings is 3. The second-order valence-electron chi connectivity index (χ2n) is 6.18. The van der Waals surface area contributed by atoms with Gasteiger partial charge in [0.2, 0.25) is 0 Å². The van der Waals surface area contributed by atoms with E-state index in [4.69, 9.17) is 0 Å². The van der Waals surface area contributed by atoms with Gasteiger partial charge < -0.3 is 0 Å². The molecular weight excluding hydrogens is 372 g/mol. The molecule has 3 rings (SSSR count). The van der Waals surface area contributed by atoms with E-state index in [1.54, 1.807) is 54.6 Å². The van der Waals surface area contributed by atoms with E-state index in [1.807, 2.05) is 37.3 Å². The Morgan fingerprint density at radius 2 is 1.43 bits per heavy atom. The van der Waals surface area contributed by atoms with Gasteiger partial charge in [-0.1, -0.05) is 66.2 Å². The number of urea groups is 1. The lowest BCUT2D eigenvalue weighted by Gasteiger charge is -2.22. The molecule has 6 heteroatoms. The summed E-state index contributed by atoms with van der Waals surface area (Å²) in [5.74, 6) is 0. The highest BCUT2D eigenvalue weighted by molar-refractivity contribution is 7.93. The van der Waals surface area contributed by atoms with Crippen LogP contribution in [0.1, 0.15) is 11.1 Å². The molecule has 0 bridgehead atoms. The van der Waals surface area contributed by atoms with E-state index in [0.29, 0.717) is 11.4 Å². The maximum absolute atomic E-state index is 12.8. The predicted molar refractivity (Wildman–Crippen MR) is 113 cm³/mol. The highest BCUT2D eigenvalue weighted by Crippen LogP contribution is 2.25. The molecule has 3 aromatic rings. The van der Waals surface area contributed by atoms with Crippen molar-refractivity contribution in [3.8, 4) is 0 Å². The molecule has 0 radical (unpaired) electrons. The molecule has 1 N–H and O–H groups in total. The molecule has 0 aliphatic carbocycles. The van der Waals surface area contributed by atoms with E-state index in [2.05, 4.69) is 4.72 Å². The molecule has 0 saturated heterocycles. The van der Waals surface area contributed by atoms with Gasteiger partial charge in [-0.2, -0.15) is 0 Å². The first-order valence-corrected chi connectivity index (χ1v) is 10.2. The number of nitrogens with zero attached hydrogens (tertiary/aromatic N) is 1. The molecular formula is C22H20N2O3S. The van der Waals surface area contributed by atoms with E-state index < -0.39 is 16.1 Å². The minimum Gasteiger partial charge on any atom is -0.262 e. The van der Waals surface area contributed by atoms with Gasteiger partial charge in [-0.05, 0) is 42.8 Å². The second kappa shape index (κ2) is 8.54. The Bertz CT molecular complexity index is 1040. The van der Waals surface area contributed by atoms with Crippen molar-refractivity contribution in [2.24, 2.45) is 0 Å². The summed E-state index contributed by atoms with van der Waals surface area (Å²) in [7, 11) is -3.97. The third-order valence-electron chi connectivity index (χ3n) is 3.94. The summed E-state index contributed by atoms with van der Waals surface area (Å²) >= 11 is 0. The summed E-state index contributed by atoms with van der Waals surface area (Å²) in [6.45, 7) is 1.92. The number of hydrogen-bond donors (Lipinski definition) is 1. The van der Waals surface area contributed by atoms with Gasteiger partial charge in [-0.15, -0.1) is 0 Å². The molecule has 0 saturated carbocycles. The van der Waals surface area contributed by atoms with Crippen LogP contribution in [-0.4, -0.2) is 14.4 Å². The SMILES string of the molecule is Cc1cccc(/C=C/S(=O)(=O)NC(=O)N(c2ccccc2)c2ccccc2)c1. The van der Waals surface area contributed by atoms with Crippen molar-refractivity contribution in [2.45, 2.75) is 6.92 Å². The lowest BCUT2D eigenvalue weighted by atomic mass is 10.1. The van der Waals surface area contributed by atoms with Crippen molar-refractivity contribution < 1.29 is 13.2 Å². The number of anilines is 2. The van der Waals surface area contributed by atoms with E-state index in [9.17, 15) is 13.2 Å². The van der Waals surface area contributed by atoms with Crippen LogP contribution >= 0.6 is 0 Å². The number of hydrogen-bond acceptors (Lipinski definition) is 3. The zero-order valence-corrected chi connectivity index (χ0v) is 16.1. The maximum atomic E-state index is 12.8. The molecule has 0 aliphatic heterocycles. The first kappa shape index (κ1) is 19.4. The molecule has 0 heterocycles. The molecule has 0 aromatic heterocycles. The minimum absolute atomic E-state index is 0.559. The normalized spacial score (nSPS) is 11.3. The second-order valence-corrected chi connectivity index (χ2v) is 7.74. The third-order valence-corrected chi connectivity index (χ3v) is 4.90. The highest BCUT2D eigenvalue weighted by Gasteiger charge is 2.21. The topological polar surface area (TPSA) is 66.5 Å². The Morgan fingerprint density at radius 3 is 1.96 bits per heavy atom. The summed E-state index contributed by atoms with van der Waals surface area (Å²) in [6, 6.07) is 24.4. The molecule has 0 fully saturated rings. The molecule has 0 spiro atoms. The first-order valence-electron chi connectivity index (χ1n) is 8.66. The largest absolute Gasteiger partial charge is 0.340 e. The van der Waals surface area contributed by atoms with Crippen molar-refractivity contribution in [1.82, 2.24) is 4.72 Å². The Morgan fingerprint density at radius 1 is 0.857 bits per heavy atom. The number of carbonyl (C=O) groups excluding carboxylic acids is 1. The van der Waals surface area contributed by atoms with Gasteiger partial charge in [0.05, 0.1) is 16.8 Å². The summed E-state index contributed by atoms with van der Waals surface area (Å²) in [5, 5.41) is 0.994. The first-order chi connectivity index (χ1) is 13.4. The fraction of sp³-hybridized carbons (Fsp3) is 0.0455. The van der Waals surface area contributed by atoms with E-state index in [0.717, 1.165) is 16.5 Å². The summed E-state index contributed by atoms with van der Waals surface area (Å²) in [5.41, 5.74) is 2.87. The van der Waals surface area contributed by atoms with Gasteiger partial charge in [0, 0.05) is 0 Å². The van der Waals surface area contributed by atoms with Gasteiger partial charge >= 0.3 is 6.03 Å². The molecule has 2 amide bonds. The Balaban J connectivity index is 1.85. The Labute approximate surface area is 165 Å². The third kappa shape index (κ3) is 5.08. The molecule has 0 atom stereocenters. The van der Waals surface area contributed by atoms with Crippen LogP contribution in [0.15, 0.2) is 90.3 Å². The van der Waals surface area contributed by atoms with Crippen molar-refractivity contribution in [2.75, 3.05) is 4.90 Å². The average Bonchev–Trinajstić information content (AvgIpc) is 2.68. The summed E-state index contributed by atoms with van der Waals surface area (Å²) in [6.07, 6.45) is 1.46. The van der Waals surface area contributed by atoms with E-state index >= 15 is 0 Å². The van der Waals surface area contributed by atoms with Gasteiger partial charge in [0.15, 0.2) is 0 Å². The zero-order chi connectivity index (χ0) is 20.0. The lowest BCUT2D eigenvalue weighted by molar-refractivity contribution is 0.253. The van der Waals surface area contributed by atoms with Crippen LogP contribution in [0.4, 0.5) is 16.2 Å². The van der Waals surface area contributed by atoms with Gasteiger partial charge in [0.1, 0.15) is 0 Å². The van der Waals surface area contributed by atoms with Crippen LogP contribution in [0.25, 0.3) is 6.08 Å². The monoisotopic (exact) mass is 392 g/mol. The quantitative estimate of drug-likeness (QED) is 0.675. The maximum Gasteiger partial charge on any atom is 0.340 e. The number of amides is 2. The molecule has 5 nitrogen and oxygen atoms in total.